The quantitative estimate of drug-likeness (QED) is 0.838. The fourth-order valence-electron chi connectivity index (χ4n) is 3.84. The normalized spacial score (nSPS) is 17.3. The minimum atomic E-state index is 1.16. The van der Waals surface area contributed by atoms with Crippen molar-refractivity contribution in [1.82, 2.24) is 4.98 Å². The van der Waals surface area contributed by atoms with Gasteiger partial charge in [-0.05, 0) is 61.6 Å². The van der Waals surface area contributed by atoms with Gasteiger partial charge in [0.2, 0.25) is 0 Å². The van der Waals surface area contributed by atoms with E-state index in [1.165, 1.54) is 77.5 Å². The van der Waals surface area contributed by atoms with E-state index in [4.69, 9.17) is 4.98 Å². The van der Waals surface area contributed by atoms with E-state index in [1.807, 2.05) is 7.05 Å². The van der Waals surface area contributed by atoms with Gasteiger partial charge in [0, 0.05) is 23.8 Å². The van der Waals surface area contributed by atoms with Gasteiger partial charge in [-0.3, -0.25) is 4.98 Å². The molecule has 0 unspecified atom stereocenters. The molecule has 0 bridgehead atoms. The molecule has 0 saturated carbocycles. The first-order chi connectivity index (χ1) is 9.38. The van der Waals surface area contributed by atoms with Gasteiger partial charge >= 0.3 is 0 Å². The molecule has 4 rings (SSSR count). The van der Waals surface area contributed by atoms with Gasteiger partial charge in [-0.1, -0.05) is 12.1 Å². The lowest BCUT2D eigenvalue weighted by molar-refractivity contribution is 0.689. The predicted molar refractivity (Wildman–Crippen MR) is 80.0 cm³/mol. The van der Waals surface area contributed by atoms with Gasteiger partial charge in [-0.2, -0.15) is 0 Å². The van der Waals surface area contributed by atoms with Crippen LogP contribution in [0.15, 0.2) is 12.1 Å². The highest BCUT2D eigenvalue weighted by Crippen LogP contribution is 2.37. The molecule has 2 aromatic rings. The van der Waals surface area contributed by atoms with E-state index in [0.717, 1.165) is 6.42 Å². The van der Waals surface area contributed by atoms with Gasteiger partial charge in [0.15, 0.2) is 0 Å². The number of hydrogen-bond donors (Lipinski definition) is 1. The molecule has 2 nitrogen and oxygen atoms in total. The Bertz CT molecular complexity index is 658. The molecule has 98 valence electrons. The molecule has 1 aromatic heterocycles. The number of aryl methyl sites for hydroxylation is 3. The number of benzene rings is 1. The second-order valence-electron chi connectivity index (χ2n) is 5.82. The highest BCUT2D eigenvalue weighted by atomic mass is 14.9. The van der Waals surface area contributed by atoms with Crippen molar-refractivity contribution >= 4 is 16.6 Å². The molecule has 2 heteroatoms. The molecule has 1 heterocycles. The van der Waals surface area contributed by atoms with E-state index in [9.17, 15) is 0 Å². The molecular weight excluding hydrogens is 232 g/mol. The molecule has 0 amide bonds. The van der Waals surface area contributed by atoms with Crippen LogP contribution in [0.1, 0.15) is 41.6 Å². The highest BCUT2D eigenvalue weighted by molar-refractivity contribution is 5.96. The second kappa shape index (κ2) is 4.22. The molecule has 1 N–H and O–H groups in total. The van der Waals surface area contributed by atoms with Crippen LogP contribution in [0.2, 0.25) is 0 Å². The van der Waals surface area contributed by atoms with Crippen LogP contribution in [0.4, 0.5) is 5.69 Å². The lowest BCUT2D eigenvalue weighted by atomic mass is 9.89. The molecule has 1 aromatic carbocycles. The fraction of sp³-hybridized carbons (Fsp3) is 0.471. The van der Waals surface area contributed by atoms with Gasteiger partial charge in [0.1, 0.15) is 0 Å². The van der Waals surface area contributed by atoms with Crippen LogP contribution in [0.5, 0.6) is 0 Å². The maximum absolute atomic E-state index is 5.04. The van der Waals surface area contributed by atoms with Crippen LogP contribution < -0.4 is 5.32 Å². The molecule has 0 saturated heterocycles. The molecule has 0 fully saturated rings. The number of aromatic nitrogens is 1. The van der Waals surface area contributed by atoms with E-state index in [1.54, 1.807) is 0 Å². The number of fused-ring (bicyclic) bond motifs is 4. The number of anilines is 1. The maximum atomic E-state index is 5.04. The predicted octanol–water partition coefficient (Wildman–Crippen LogP) is 3.64. The van der Waals surface area contributed by atoms with Gasteiger partial charge in [0.25, 0.3) is 0 Å². The summed E-state index contributed by atoms with van der Waals surface area (Å²) in [4.78, 5) is 5.04. The summed E-state index contributed by atoms with van der Waals surface area (Å²) in [6.07, 6.45) is 8.70. The Balaban J connectivity index is 2.07. The zero-order valence-corrected chi connectivity index (χ0v) is 11.6. The Morgan fingerprint density at radius 1 is 0.947 bits per heavy atom. The summed E-state index contributed by atoms with van der Waals surface area (Å²) >= 11 is 0. The molecule has 2 aliphatic rings. The van der Waals surface area contributed by atoms with Crippen molar-refractivity contribution in [3.8, 4) is 0 Å². The molecule has 0 aliphatic heterocycles. The summed E-state index contributed by atoms with van der Waals surface area (Å²) in [5.74, 6) is 0. The van der Waals surface area contributed by atoms with Crippen LogP contribution in [-0.2, 0) is 25.7 Å². The minimum Gasteiger partial charge on any atom is -0.387 e. The Hall–Kier alpha value is -1.57. The van der Waals surface area contributed by atoms with Crippen molar-refractivity contribution in [3.05, 3.63) is 34.5 Å². The number of pyridine rings is 1. The summed E-state index contributed by atoms with van der Waals surface area (Å²) in [5, 5.41) is 4.77. The van der Waals surface area contributed by atoms with Crippen molar-refractivity contribution in [1.29, 1.82) is 0 Å². The average Bonchev–Trinajstić information content (AvgIpc) is 2.92. The van der Waals surface area contributed by atoms with Gasteiger partial charge in [-0.25, -0.2) is 0 Å². The lowest BCUT2D eigenvalue weighted by Gasteiger charge is -2.20. The number of nitrogens with one attached hydrogen (secondary N) is 1. The van der Waals surface area contributed by atoms with E-state index >= 15 is 0 Å². The van der Waals surface area contributed by atoms with E-state index in [0.29, 0.717) is 0 Å². The summed E-state index contributed by atoms with van der Waals surface area (Å²) in [6, 6.07) is 4.62. The fourth-order valence-corrected chi connectivity index (χ4v) is 3.84. The lowest BCUT2D eigenvalue weighted by Crippen LogP contribution is -2.07. The van der Waals surface area contributed by atoms with E-state index in [-0.39, 0.29) is 0 Å². The first kappa shape index (κ1) is 11.3. The second-order valence-corrected chi connectivity index (χ2v) is 5.82. The van der Waals surface area contributed by atoms with Gasteiger partial charge in [0.05, 0.1) is 5.52 Å². The first-order valence-electron chi connectivity index (χ1n) is 7.52. The van der Waals surface area contributed by atoms with Gasteiger partial charge < -0.3 is 5.32 Å². The standard InChI is InChI=1S/C17H20N2/c1-18-16-13-7-4-8-15(13)19-17-12-6-3-2-5-11(12)9-10-14(16)17/h9-10H,2-8H2,1H3,(H,18,19). The Kier molecular flexibility index (Phi) is 2.51. The summed E-state index contributed by atoms with van der Waals surface area (Å²) < 4.78 is 0. The zero-order valence-electron chi connectivity index (χ0n) is 11.6. The van der Waals surface area contributed by atoms with E-state index in [2.05, 4.69) is 17.4 Å². The van der Waals surface area contributed by atoms with Crippen molar-refractivity contribution in [2.24, 2.45) is 0 Å². The molecule has 0 radical (unpaired) electrons. The Morgan fingerprint density at radius 3 is 2.68 bits per heavy atom. The van der Waals surface area contributed by atoms with Crippen molar-refractivity contribution < 1.29 is 0 Å². The third-order valence-corrected chi connectivity index (χ3v) is 4.76. The highest BCUT2D eigenvalue weighted by Gasteiger charge is 2.22. The average molecular weight is 252 g/mol. The molecule has 0 atom stereocenters. The number of hydrogen-bond acceptors (Lipinski definition) is 2. The third-order valence-electron chi connectivity index (χ3n) is 4.76. The first-order valence-corrected chi connectivity index (χ1v) is 7.52. The summed E-state index contributed by atoms with van der Waals surface area (Å²) in [6.45, 7) is 0. The Morgan fingerprint density at radius 2 is 1.79 bits per heavy atom. The maximum Gasteiger partial charge on any atom is 0.0760 e. The largest absolute Gasteiger partial charge is 0.387 e. The monoisotopic (exact) mass is 252 g/mol. The van der Waals surface area contributed by atoms with Crippen molar-refractivity contribution in [3.63, 3.8) is 0 Å². The van der Waals surface area contributed by atoms with E-state index < -0.39 is 0 Å². The smallest absolute Gasteiger partial charge is 0.0760 e. The van der Waals surface area contributed by atoms with Crippen LogP contribution in [-0.4, -0.2) is 12.0 Å². The Labute approximate surface area is 114 Å². The summed E-state index contributed by atoms with van der Waals surface area (Å²) in [7, 11) is 2.05. The van der Waals surface area contributed by atoms with Crippen LogP contribution in [0, 0.1) is 0 Å². The molecular formula is C17H20N2. The topological polar surface area (TPSA) is 24.9 Å². The summed E-state index contributed by atoms with van der Waals surface area (Å²) in [5.41, 5.74) is 8.48. The van der Waals surface area contributed by atoms with Crippen LogP contribution in [0.3, 0.4) is 0 Å². The third kappa shape index (κ3) is 1.59. The molecule has 0 spiro atoms. The van der Waals surface area contributed by atoms with Crippen LogP contribution >= 0.6 is 0 Å². The SMILES string of the molecule is CNc1c2c(nc3c4c(ccc13)CCCC4)CCC2. The van der Waals surface area contributed by atoms with Gasteiger partial charge in [-0.15, -0.1) is 0 Å². The molecule has 2 aliphatic carbocycles. The molecule has 19 heavy (non-hydrogen) atoms. The number of rotatable bonds is 1. The van der Waals surface area contributed by atoms with Crippen molar-refractivity contribution in [2.45, 2.75) is 44.9 Å². The van der Waals surface area contributed by atoms with Crippen LogP contribution in [0.25, 0.3) is 10.9 Å². The number of nitrogens with zero attached hydrogens (tertiary/aromatic N) is 1. The zero-order chi connectivity index (χ0) is 12.8. The van der Waals surface area contributed by atoms with Crippen molar-refractivity contribution in [2.75, 3.05) is 12.4 Å². The minimum absolute atomic E-state index is 1.16.